The summed E-state index contributed by atoms with van der Waals surface area (Å²) in [6, 6.07) is 9.93. The van der Waals surface area contributed by atoms with Crippen LogP contribution >= 0.6 is 15.9 Å². The summed E-state index contributed by atoms with van der Waals surface area (Å²) in [6.45, 7) is 0. The second-order valence-electron chi connectivity index (χ2n) is 4.21. The van der Waals surface area contributed by atoms with Crippen LogP contribution in [-0.4, -0.2) is 22.2 Å². The Morgan fingerprint density at radius 3 is 2.59 bits per heavy atom. The van der Waals surface area contributed by atoms with Gasteiger partial charge in [-0.25, -0.2) is 5.43 Å². The van der Waals surface area contributed by atoms with Gasteiger partial charge in [-0.3, -0.25) is 14.9 Å². The molecule has 0 aromatic heterocycles. The van der Waals surface area contributed by atoms with Gasteiger partial charge in [0.25, 0.3) is 11.6 Å². The van der Waals surface area contributed by atoms with Crippen molar-refractivity contribution in [3.8, 4) is 5.75 Å². The highest BCUT2D eigenvalue weighted by atomic mass is 79.9. The molecule has 0 aliphatic rings. The molecule has 22 heavy (non-hydrogen) atoms. The van der Waals surface area contributed by atoms with Gasteiger partial charge in [-0.05, 0) is 30.3 Å². The number of carbonyl (C=O) groups excluding carboxylic acids is 1. The molecule has 0 spiro atoms. The number of rotatable bonds is 4. The monoisotopic (exact) mass is 363 g/mol. The van der Waals surface area contributed by atoms with Crippen LogP contribution in [0.25, 0.3) is 0 Å². The van der Waals surface area contributed by atoms with E-state index in [4.69, 9.17) is 0 Å². The maximum Gasteiger partial charge on any atom is 0.271 e. The van der Waals surface area contributed by atoms with Crippen molar-refractivity contribution < 1.29 is 14.8 Å². The zero-order chi connectivity index (χ0) is 16.1. The Morgan fingerprint density at radius 1 is 1.27 bits per heavy atom. The predicted molar refractivity (Wildman–Crippen MR) is 84.0 cm³/mol. The van der Waals surface area contributed by atoms with E-state index in [2.05, 4.69) is 26.5 Å². The molecule has 0 saturated carbocycles. The number of halogens is 1. The second-order valence-corrected chi connectivity index (χ2v) is 5.12. The smallest absolute Gasteiger partial charge is 0.271 e. The normalized spacial score (nSPS) is 10.6. The Bertz CT molecular complexity index is 744. The minimum atomic E-state index is -0.546. The topological polar surface area (TPSA) is 105 Å². The van der Waals surface area contributed by atoms with Gasteiger partial charge in [0.05, 0.1) is 11.1 Å². The van der Waals surface area contributed by atoms with E-state index in [0.717, 1.165) is 4.47 Å². The maximum atomic E-state index is 11.8. The summed E-state index contributed by atoms with van der Waals surface area (Å²) in [5.74, 6) is -0.489. The Kier molecular flexibility index (Phi) is 4.84. The molecule has 0 aliphatic heterocycles. The third-order valence-corrected chi connectivity index (χ3v) is 3.19. The molecule has 0 bridgehead atoms. The lowest BCUT2D eigenvalue weighted by atomic mass is 10.2. The molecule has 2 aromatic rings. The number of hydrogen-bond donors (Lipinski definition) is 2. The number of nitro groups is 1. The Hall–Kier alpha value is -2.74. The Balaban J connectivity index is 2.04. The summed E-state index contributed by atoms with van der Waals surface area (Å²) >= 11 is 3.26. The summed E-state index contributed by atoms with van der Waals surface area (Å²) in [5.41, 5.74) is 2.85. The third kappa shape index (κ3) is 3.89. The van der Waals surface area contributed by atoms with Crippen molar-refractivity contribution in [2.24, 2.45) is 5.10 Å². The molecule has 0 atom stereocenters. The number of phenols is 1. The number of non-ortho nitro benzene ring substituents is 1. The van der Waals surface area contributed by atoms with Gasteiger partial charge in [-0.1, -0.05) is 15.9 Å². The largest absolute Gasteiger partial charge is 0.507 e. The second kappa shape index (κ2) is 6.81. The molecule has 112 valence electrons. The van der Waals surface area contributed by atoms with Gasteiger partial charge in [0.1, 0.15) is 5.75 Å². The van der Waals surface area contributed by atoms with Crippen LogP contribution in [0.2, 0.25) is 0 Å². The molecular weight excluding hydrogens is 354 g/mol. The van der Waals surface area contributed by atoms with Crippen LogP contribution in [0, 0.1) is 10.1 Å². The van der Waals surface area contributed by atoms with Gasteiger partial charge in [0.2, 0.25) is 0 Å². The highest BCUT2D eigenvalue weighted by Gasteiger charge is 2.08. The number of hydrazone groups is 1. The number of hydrogen-bond acceptors (Lipinski definition) is 5. The van der Waals surface area contributed by atoms with E-state index < -0.39 is 10.8 Å². The maximum absolute atomic E-state index is 11.8. The number of benzene rings is 2. The van der Waals surface area contributed by atoms with E-state index in [-0.39, 0.29) is 17.0 Å². The van der Waals surface area contributed by atoms with Crippen LogP contribution in [-0.2, 0) is 0 Å². The minimum Gasteiger partial charge on any atom is -0.507 e. The van der Waals surface area contributed by atoms with Crippen molar-refractivity contribution in [2.75, 3.05) is 0 Å². The molecule has 2 N–H and O–H groups in total. The van der Waals surface area contributed by atoms with Crippen molar-refractivity contribution in [3.63, 3.8) is 0 Å². The lowest BCUT2D eigenvalue weighted by Gasteiger charge is -2.01. The summed E-state index contributed by atoms with van der Waals surface area (Å²) < 4.78 is 0.758. The summed E-state index contributed by atoms with van der Waals surface area (Å²) in [7, 11) is 0. The van der Waals surface area contributed by atoms with Crippen molar-refractivity contribution in [3.05, 3.63) is 68.2 Å². The average molecular weight is 364 g/mol. The zero-order valence-corrected chi connectivity index (χ0v) is 12.6. The first-order valence-corrected chi connectivity index (χ1v) is 6.83. The van der Waals surface area contributed by atoms with Gasteiger partial charge < -0.3 is 5.11 Å². The molecule has 0 unspecified atom stereocenters. The van der Waals surface area contributed by atoms with Crippen molar-refractivity contribution in [2.45, 2.75) is 0 Å². The highest BCUT2D eigenvalue weighted by molar-refractivity contribution is 9.10. The summed E-state index contributed by atoms with van der Waals surface area (Å²) in [5, 5.41) is 23.9. The minimum absolute atomic E-state index is 0.0246. The van der Waals surface area contributed by atoms with Crippen molar-refractivity contribution >= 4 is 33.7 Å². The van der Waals surface area contributed by atoms with Crippen molar-refractivity contribution in [1.29, 1.82) is 0 Å². The number of carbonyl (C=O) groups is 1. The third-order valence-electron chi connectivity index (χ3n) is 2.70. The fourth-order valence-electron chi connectivity index (χ4n) is 1.59. The van der Waals surface area contributed by atoms with E-state index in [9.17, 15) is 20.0 Å². The average Bonchev–Trinajstić information content (AvgIpc) is 2.50. The van der Waals surface area contributed by atoms with Crippen LogP contribution in [0.4, 0.5) is 5.69 Å². The first-order chi connectivity index (χ1) is 10.5. The molecular formula is C14H10BrN3O4. The van der Waals surface area contributed by atoms with Crippen LogP contribution in [0.15, 0.2) is 52.0 Å². The Labute approximate surface area is 133 Å². The van der Waals surface area contributed by atoms with E-state index >= 15 is 0 Å². The number of amides is 1. The van der Waals surface area contributed by atoms with Gasteiger partial charge in [-0.2, -0.15) is 5.10 Å². The molecule has 0 fully saturated rings. The molecule has 0 saturated heterocycles. The van der Waals surface area contributed by atoms with E-state index in [1.165, 1.54) is 36.5 Å². The highest BCUT2D eigenvalue weighted by Crippen LogP contribution is 2.20. The van der Waals surface area contributed by atoms with Gasteiger partial charge in [0.15, 0.2) is 0 Å². The number of aromatic hydroxyl groups is 1. The number of nitrogens with one attached hydrogen (secondary N) is 1. The van der Waals surface area contributed by atoms with Gasteiger partial charge in [0, 0.05) is 27.7 Å². The van der Waals surface area contributed by atoms with E-state index in [0.29, 0.717) is 5.56 Å². The summed E-state index contributed by atoms with van der Waals surface area (Å²) in [4.78, 5) is 21.8. The standard InChI is InChI=1S/C14H10BrN3O4/c15-11-3-6-13(19)10(7-11)8-16-17-14(20)9-1-4-12(5-2-9)18(21)22/h1-8,19H,(H,17,20). The molecule has 7 nitrogen and oxygen atoms in total. The molecule has 2 aromatic carbocycles. The van der Waals surface area contributed by atoms with Crippen LogP contribution < -0.4 is 5.43 Å². The molecule has 8 heteroatoms. The van der Waals surface area contributed by atoms with Crippen LogP contribution in [0.1, 0.15) is 15.9 Å². The van der Waals surface area contributed by atoms with Crippen LogP contribution in [0.5, 0.6) is 5.75 Å². The number of nitro benzene ring substituents is 1. The van der Waals surface area contributed by atoms with Crippen molar-refractivity contribution in [1.82, 2.24) is 5.43 Å². The molecule has 0 radical (unpaired) electrons. The fourth-order valence-corrected chi connectivity index (χ4v) is 1.97. The quantitative estimate of drug-likeness (QED) is 0.494. The molecule has 0 aliphatic carbocycles. The van der Waals surface area contributed by atoms with E-state index in [1.807, 2.05) is 0 Å². The van der Waals surface area contributed by atoms with Gasteiger partial charge in [-0.15, -0.1) is 0 Å². The van der Waals surface area contributed by atoms with Crippen LogP contribution in [0.3, 0.4) is 0 Å². The SMILES string of the molecule is O=C(NN=Cc1cc(Br)ccc1O)c1ccc([N+](=O)[O-])cc1. The number of nitrogens with zero attached hydrogens (tertiary/aromatic N) is 2. The molecule has 2 rings (SSSR count). The number of phenolic OH excluding ortho intramolecular Hbond substituents is 1. The molecule has 0 heterocycles. The predicted octanol–water partition coefficient (Wildman–Crippen LogP) is 2.83. The Morgan fingerprint density at radius 2 is 1.95 bits per heavy atom. The van der Waals surface area contributed by atoms with E-state index in [1.54, 1.807) is 12.1 Å². The summed E-state index contributed by atoms with van der Waals surface area (Å²) in [6.07, 6.45) is 1.30. The molecule has 1 amide bonds. The fraction of sp³-hybridized carbons (Fsp3) is 0. The lowest BCUT2D eigenvalue weighted by molar-refractivity contribution is -0.384. The first kappa shape index (κ1) is 15.6. The lowest BCUT2D eigenvalue weighted by Crippen LogP contribution is -2.17. The first-order valence-electron chi connectivity index (χ1n) is 6.04. The zero-order valence-electron chi connectivity index (χ0n) is 11.1. The van der Waals surface area contributed by atoms with Gasteiger partial charge >= 0.3 is 0 Å².